The van der Waals surface area contributed by atoms with E-state index in [1.54, 1.807) is 6.07 Å². The number of alkyl halides is 3. The van der Waals surface area contributed by atoms with Crippen LogP contribution in [0.4, 0.5) is 18.9 Å². The molecule has 2 saturated heterocycles. The zero-order valence-electron chi connectivity index (χ0n) is 14.9. The third-order valence-corrected chi connectivity index (χ3v) is 5.70. The molecular weight excluding hydrogens is 345 g/mol. The quantitative estimate of drug-likeness (QED) is 0.879. The van der Waals surface area contributed by atoms with Crippen molar-refractivity contribution in [2.24, 2.45) is 5.92 Å². The van der Waals surface area contributed by atoms with Crippen LogP contribution in [0.2, 0.25) is 0 Å². The molecule has 2 aliphatic heterocycles. The van der Waals surface area contributed by atoms with Gasteiger partial charge in [0.2, 0.25) is 0 Å². The van der Waals surface area contributed by atoms with Crippen molar-refractivity contribution in [1.82, 2.24) is 4.90 Å². The lowest BCUT2D eigenvalue weighted by Crippen LogP contribution is -2.37. The maximum Gasteiger partial charge on any atom is 0.416 e. The molecule has 0 spiro atoms. The van der Waals surface area contributed by atoms with E-state index in [2.05, 4.69) is 11.9 Å². The van der Waals surface area contributed by atoms with Gasteiger partial charge in [-0.05, 0) is 69.4 Å². The van der Waals surface area contributed by atoms with Crippen LogP contribution in [0.5, 0.6) is 0 Å². The van der Waals surface area contributed by atoms with E-state index in [1.807, 2.05) is 4.90 Å². The van der Waals surface area contributed by atoms with Crippen LogP contribution < -0.4 is 4.90 Å². The Morgan fingerprint density at radius 3 is 2.23 bits per heavy atom. The Morgan fingerprint density at radius 2 is 1.69 bits per heavy atom. The largest absolute Gasteiger partial charge is 0.481 e. The highest BCUT2D eigenvalue weighted by Gasteiger charge is 2.34. The van der Waals surface area contributed by atoms with Gasteiger partial charge < -0.3 is 14.9 Å². The molecule has 26 heavy (non-hydrogen) atoms. The fourth-order valence-corrected chi connectivity index (χ4v) is 4.03. The Hall–Kier alpha value is -1.76. The van der Waals surface area contributed by atoms with E-state index in [-0.39, 0.29) is 5.92 Å². The summed E-state index contributed by atoms with van der Waals surface area (Å²) in [4.78, 5) is 15.3. The number of nitrogens with zero attached hydrogens (tertiary/aromatic N) is 2. The molecule has 1 aromatic rings. The highest BCUT2D eigenvalue weighted by atomic mass is 19.4. The molecule has 0 aliphatic carbocycles. The van der Waals surface area contributed by atoms with Crippen LogP contribution in [0.25, 0.3) is 0 Å². The monoisotopic (exact) mass is 370 g/mol. The molecule has 0 aromatic heterocycles. The van der Waals surface area contributed by atoms with Crippen LogP contribution in [0.1, 0.15) is 42.7 Å². The molecule has 7 heteroatoms. The second-order valence-electron chi connectivity index (χ2n) is 7.45. The Morgan fingerprint density at radius 1 is 1.08 bits per heavy atom. The van der Waals surface area contributed by atoms with E-state index in [4.69, 9.17) is 5.11 Å². The summed E-state index contributed by atoms with van der Waals surface area (Å²) in [6, 6.07) is 4.08. The summed E-state index contributed by atoms with van der Waals surface area (Å²) >= 11 is 0. The third kappa shape index (κ3) is 4.14. The Bertz CT molecular complexity index is 647. The number of rotatable bonds is 3. The number of benzene rings is 1. The van der Waals surface area contributed by atoms with Crippen molar-refractivity contribution in [2.75, 3.05) is 38.1 Å². The number of hydrogen-bond donors (Lipinski definition) is 1. The van der Waals surface area contributed by atoms with Crippen LogP contribution in [0, 0.1) is 5.92 Å². The maximum absolute atomic E-state index is 13.2. The number of carbonyl (C=O) groups is 1. The number of likely N-dealkylation sites (tertiary alicyclic amines) is 1. The van der Waals surface area contributed by atoms with Gasteiger partial charge in [0.05, 0.1) is 11.5 Å². The molecule has 0 amide bonds. The average Bonchev–Trinajstić information content (AvgIpc) is 2.61. The minimum absolute atomic E-state index is 0.251. The van der Waals surface area contributed by atoms with Gasteiger partial charge in [-0.15, -0.1) is 0 Å². The Balaban J connectivity index is 1.88. The van der Waals surface area contributed by atoms with E-state index in [0.717, 1.165) is 31.5 Å². The Kier molecular flexibility index (Phi) is 5.46. The van der Waals surface area contributed by atoms with Crippen molar-refractivity contribution in [3.05, 3.63) is 29.3 Å². The molecule has 3 rings (SSSR count). The predicted octanol–water partition coefficient (Wildman–Crippen LogP) is 3.82. The number of anilines is 1. The van der Waals surface area contributed by atoms with Crippen LogP contribution in [-0.4, -0.2) is 49.2 Å². The van der Waals surface area contributed by atoms with Gasteiger partial charge in [-0.3, -0.25) is 4.79 Å². The molecule has 2 heterocycles. The second kappa shape index (κ2) is 7.47. The zero-order valence-corrected chi connectivity index (χ0v) is 14.9. The van der Waals surface area contributed by atoms with Crippen LogP contribution in [0.15, 0.2) is 18.2 Å². The summed E-state index contributed by atoms with van der Waals surface area (Å²) in [5, 5.41) is 9.16. The molecule has 0 atom stereocenters. The summed E-state index contributed by atoms with van der Waals surface area (Å²) in [6.45, 7) is 2.84. The van der Waals surface area contributed by atoms with Gasteiger partial charge in [0.25, 0.3) is 0 Å². The fourth-order valence-electron chi connectivity index (χ4n) is 4.03. The van der Waals surface area contributed by atoms with Crippen LogP contribution >= 0.6 is 0 Å². The average molecular weight is 370 g/mol. The first kappa shape index (κ1) is 19.0. The van der Waals surface area contributed by atoms with Crippen molar-refractivity contribution in [3.63, 3.8) is 0 Å². The topological polar surface area (TPSA) is 43.8 Å². The molecule has 2 aliphatic rings. The van der Waals surface area contributed by atoms with E-state index < -0.39 is 23.6 Å². The number of hydrogen-bond acceptors (Lipinski definition) is 3. The summed E-state index contributed by atoms with van der Waals surface area (Å²) in [5.41, 5.74) is 0.975. The van der Waals surface area contributed by atoms with Crippen LogP contribution in [-0.2, 0) is 11.0 Å². The van der Waals surface area contributed by atoms with Gasteiger partial charge in [0, 0.05) is 18.8 Å². The van der Waals surface area contributed by atoms with Gasteiger partial charge >= 0.3 is 12.1 Å². The molecule has 0 bridgehead atoms. The standard InChI is InChI=1S/C19H25F3N2O2/c1-23-8-4-13(5-9-23)16-3-2-15(19(20,21)22)12-17(16)24-10-6-14(7-11-24)18(25)26/h2-3,12-14H,4-11H2,1H3,(H,25,26). The van der Waals surface area contributed by atoms with E-state index in [1.165, 1.54) is 12.1 Å². The van der Waals surface area contributed by atoms with Gasteiger partial charge in [-0.1, -0.05) is 6.07 Å². The molecule has 2 fully saturated rings. The normalized spacial score (nSPS) is 21.2. The van der Waals surface area contributed by atoms with Gasteiger partial charge in [-0.25, -0.2) is 0 Å². The minimum atomic E-state index is -4.38. The predicted molar refractivity (Wildman–Crippen MR) is 93.5 cm³/mol. The summed E-state index contributed by atoms with van der Waals surface area (Å²) in [5.74, 6) is -0.964. The minimum Gasteiger partial charge on any atom is -0.481 e. The lowest BCUT2D eigenvalue weighted by atomic mass is 9.86. The molecule has 4 nitrogen and oxygen atoms in total. The molecule has 0 radical (unpaired) electrons. The highest BCUT2D eigenvalue weighted by molar-refractivity contribution is 5.70. The first-order valence-electron chi connectivity index (χ1n) is 9.13. The van der Waals surface area contributed by atoms with Crippen molar-refractivity contribution >= 4 is 11.7 Å². The lowest BCUT2D eigenvalue weighted by Gasteiger charge is -2.37. The number of carboxylic acid groups (broad SMARTS) is 1. The van der Waals surface area contributed by atoms with Crippen molar-refractivity contribution in [2.45, 2.75) is 37.8 Å². The zero-order chi connectivity index (χ0) is 18.9. The summed E-state index contributed by atoms with van der Waals surface area (Å²) < 4.78 is 39.7. The lowest BCUT2D eigenvalue weighted by molar-refractivity contribution is -0.142. The number of piperidine rings is 2. The van der Waals surface area contributed by atoms with Gasteiger partial charge in [0.15, 0.2) is 0 Å². The number of carboxylic acids is 1. The molecule has 0 unspecified atom stereocenters. The third-order valence-electron chi connectivity index (χ3n) is 5.70. The number of aliphatic carboxylic acids is 1. The van der Waals surface area contributed by atoms with Crippen molar-refractivity contribution < 1.29 is 23.1 Å². The first-order valence-corrected chi connectivity index (χ1v) is 9.13. The maximum atomic E-state index is 13.2. The van der Waals surface area contributed by atoms with E-state index >= 15 is 0 Å². The fraction of sp³-hybridized carbons (Fsp3) is 0.632. The summed E-state index contributed by atoms with van der Waals surface area (Å²) in [7, 11) is 2.06. The van der Waals surface area contributed by atoms with Crippen molar-refractivity contribution in [1.29, 1.82) is 0 Å². The SMILES string of the molecule is CN1CCC(c2ccc(C(F)(F)F)cc2N2CCC(C(=O)O)CC2)CC1. The molecule has 0 saturated carbocycles. The van der Waals surface area contributed by atoms with Crippen molar-refractivity contribution in [3.8, 4) is 0 Å². The first-order chi connectivity index (χ1) is 12.3. The second-order valence-corrected chi connectivity index (χ2v) is 7.45. The van der Waals surface area contributed by atoms with Gasteiger partial charge in [0.1, 0.15) is 0 Å². The smallest absolute Gasteiger partial charge is 0.416 e. The Labute approximate surface area is 151 Å². The summed E-state index contributed by atoms with van der Waals surface area (Å²) in [6.07, 6.45) is -1.57. The molecule has 1 aromatic carbocycles. The molecule has 1 N–H and O–H groups in total. The van der Waals surface area contributed by atoms with E-state index in [0.29, 0.717) is 31.6 Å². The van der Waals surface area contributed by atoms with E-state index in [9.17, 15) is 18.0 Å². The molecular formula is C19H25F3N2O2. The molecule has 144 valence electrons. The number of halogens is 3. The highest BCUT2D eigenvalue weighted by Crippen LogP contribution is 2.40. The van der Waals surface area contributed by atoms with Gasteiger partial charge in [-0.2, -0.15) is 13.2 Å². The van der Waals surface area contributed by atoms with Crippen LogP contribution in [0.3, 0.4) is 0 Å².